The smallest absolute Gasteiger partial charge is 0.305 e. The van der Waals surface area contributed by atoms with E-state index in [4.69, 9.17) is 5.11 Å². The number of carboxylic acids is 1. The first-order valence-corrected chi connectivity index (χ1v) is 6.25. The number of aryl methyl sites for hydroxylation is 1. The summed E-state index contributed by atoms with van der Waals surface area (Å²) in [6, 6.07) is 17.4. The highest BCUT2D eigenvalue weighted by Gasteiger charge is 2.14. The molecule has 0 radical (unpaired) electrons. The van der Waals surface area contributed by atoms with Gasteiger partial charge in [0.05, 0.1) is 12.5 Å². The number of carboxylic acid groups (broad SMARTS) is 1. The quantitative estimate of drug-likeness (QED) is 0.857. The Labute approximate surface area is 112 Å². The zero-order valence-electron chi connectivity index (χ0n) is 10.8. The van der Waals surface area contributed by atoms with Crippen molar-refractivity contribution in [2.24, 2.45) is 0 Å². The number of rotatable bonds is 5. The lowest BCUT2D eigenvalue weighted by Gasteiger charge is -2.18. The van der Waals surface area contributed by atoms with E-state index >= 15 is 0 Å². The molecule has 2 aromatic carbocycles. The Hall–Kier alpha value is -2.29. The van der Waals surface area contributed by atoms with Crippen molar-refractivity contribution in [1.29, 1.82) is 0 Å². The van der Waals surface area contributed by atoms with Gasteiger partial charge in [-0.05, 0) is 24.6 Å². The lowest BCUT2D eigenvalue weighted by molar-refractivity contribution is -0.137. The largest absolute Gasteiger partial charge is 0.481 e. The van der Waals surface area contributed by atoms with Crippen molar-refractivity contribution in [1.82, 2.24) is 0 Å². The lowest BCUT2D eigenvalue weighted by atomic mass is 10.0. The van der Waals surface area contributed by atoms with Crippen LogP contribution in [0.5, 0.6) is 0 Å². The van der Waals surface area contributed by atoms with Gasteiger partial charge in [0.25, 0.3) is 0 Å². The van der Waals surface area contributed by atoms with Crippen LogP contribution in [-0.2, 0) is 4.79 Å². The van der Waals surface area contributed by atoms with Gasteiger partial charge in [0, 0.05) is 5.69 Å². The maximum absolute atomic E-state index is 11.0. The van der Waals surface area contributed by atoms with E-state index in [-0.39, 0.29) is 12.5 Å². The van der Waals surface area contributed by atoms with Crippen molar-refractivity contribution in [3.63, 3.8) is 0 Å². The Morgan fingerprint density at radius 1 is 1.11 bits per heavy atom. The van der Waals surface area contributed by atoms with Crippen LogP contribution in [0.15, 0.2) is 54.6 Å². The Morgan fingerprint density at radius 3 is 2.32 bits per heavy atom. The topological polar surface area (TPSA) is 49.3 Å². The number of nitrogens with one attached hydrogen (secondary N) is 1. The molecule has 2 rings (SSSR count). The fourth-order valence-corrected chi connectivity index (χ4v) is 1.96. The van der Waals surface area contributed by atoms with Gasteiger partial charge in [-0.1, -0.05) is 48.0 Å². The first-order chi connectivity index (χ1) is 9.15. The highest BCUT2D eigenvalue weighted by atomic mass is 16.4. The summed E-state index contributed by atoms with van der Waals surface area (Å²) < 4.78 is 0. The van der Waals surface area contributed by atoms with E-state index < -0.39 is 5.97 Å². The molecule has 0 heterocycles. The third-order valence-corrected chi connectivity index (χ3v) is 2.97. The Balaban J connectivity index is 2.19. The number of aliphatic carboxylic acids is 1. The van der Waals surface area contributed by atoms with E-state index in [1.165, 1.54) is 5.56 Å². The average Bonchev–Trinajstić information content (AvgIpc) is 2.41. The zero-order valence-corrected chi connectivity index (χ0v) is 10.8. The summed E-state index contributed by atoms with van der Waals surface area (Å²) in [5, 5.41) is 12.3. The molecule has 2 N–H and O–H groups in total. The first-order valence-electron chi connectivity index (χ1n) is 6.25. The minimum absolute atomic E-state index is 0.0535. The Bertz CT molecular complexity index is 534. The standard InChI is InChI=1S/C16H17NO2/c1-12-7-9-14(10-8-12)17-15(11-16(18)19)13-5-3-2-4-6-13/h2-10,15,17H,11H2,1H3,(H,18,19). The highest BCUT2D eigenvalue weighted by Crippen LogP contribution is 2.22. The van der Waals surface area contributed by atoms with Gasteiger partial charge in [0.2, 0.25) is 0 Å². The molecule has 0 aliphatic rings. The summed E-state index contributed by atoms with van der Waals surface area (Å²) in [4.78, 5) is 11.0. The predicted molar refractivity (Wildman–Crippen MR) is 76.2 cm³/mol. The summed E-state index contributed by atoms with van der Waals surface area (Å²) in [6.07, 6.45) is 0.0535. The van der Waals surface area contributed by atoms with Gasteiger partial charge in [-0.3, -0.25) is 4.79 Å². The van der Waals surface area contributed by atoms with Crippen molar-refractivity contribution in [3.8, 4) is 0 Å². The average molecular weight is 255 g/mol. The van der Waals surface area contributed by atoms with Crippen LogP contribution in [0.4, 0.5) is 5.69 Å². The van der Waals surface area contributed by atoms with Crippen LogP contribution >= 0.6 is 0 Å². The van der Waals surface area contributed by atoms with Gasteiger partial charge in [0.15, 0.2) is 0 Å². The highest BCUT2D eigenvalue weighted by molar-refractivity contribution is 5.69. The minimum atomic E-state index is -0.812. The molecule has 19 heavy (non-hydrogen) atoms. The molecule has 0 bridgehead atoms. The van der Waals surface area contributed by atoms with Gasteiger partial charge in [-0.2, -0.15) is 0 Å². The maximum Gasteiger partial charge on any atom is 0.305 e. The van der Waals surface area contributed by atoms with Crippen molar-refractivity contribution < 1.29 is 9.90 Å². The summed E-state index contributed by atoms with van der Waals surface area (Å²) >= 11 is 0. The van der Waals surface area contributed by atoms with Crippen LogP contribution < -0.4 is 5.32 Å². The van der Waals surface area contributed by atoms with E-state index in [2.05, 4.69) is 5.32 Å². The van der Waals surface area contributed by atoms with Crippen LogP contribution in [0, 0.1) is 6.92 Å². The second-order valence-corrected chi connectivity index (χ2v) is 4.57. The van der Waals surface area contributed by atoms with Crippen LogP contribution in [0.3, 0.4) is 0 Å². The normalized spacial score (nSPS) is 11.8. The molecule has 3 nitrogen and oxygen atoms in total. The molecule has 0 fully saturated rings. The molecular weight excluding hydrogens is 238 g/mol. The van der Waals surface area contributed by atoms with Crippen LogP contribution in [0.25, 0.3) is 0 Å². The molecule has 1 atom stereocenters. The molecule has 3 heteroatoms. The number of benzene rings is 2. The molecule has 0 aliphatic heterocycles. The summed E-state index contributed by atoms with van der Waals surface area (Å²) in [6.45, 7) is 2.02. The lowest BCUT2D eigenvalue weighted by Crippen LogP contribution is -2.15. The minimum Gasteiger partial charge on any atom is -0.481 e. The summed E-state index contributed by atoms with van der Waals surface area (Å²) in [5.41, 5.74) is 3.09. The van der Waals surface area contributed by atoms with Crippen LogP contribution in [-0.4, -0.2) is 11.1 Å². The number of carbonyl (C=O) groups is 1. The first kappa shape index (κ1) is 13.1. The molecule has 0 aliphatic carbocycles. The van der Waals surface area contributed by atoms with E-state index in [9.17, 15) is 4.79 Å². The predicted octanol–water partition coefficient (Wildman–Crippen LogP) is 3.62. The molecule has 0 amide bonds. The molecule has 0 saturated heterocycles. The summed E-state index contributed by atoms with van der Waals surface area (Å²) in [7, 11) is 0. The fraction of sp³-hybridized carbons (Fsp3) is 0.188. The van der Waals surface area contributed by atoms with Gasteiger partial charge in [-0.25, -0.2) is 0 Å². The summed E-state index contributed by atoms with van der Waals surface area (Å²) in [5.74, 6) is -0.812. The van der Waals surface area contributed by atoms with Gasteiger partial charge in [-0.15, -0.1) is 0 Å². The van der Waals surface area contributed by atoms with Gasteiger partial charge in [0.1, 0.15) is 0 Å². The number of hydrogen-bond acceptors (Lipinski definition) is 2. The number of hydrogen-bond donors (Lipinski definition) is 2. The molecule has 1 unspecified atom stereocenters. The molecule has 0 saturated carbocycles. The molecule has 98 valence electrons. The zero-order chi connectivity index (χ0) is 13.7. The van der Waals surface area contributed by atoms with Crippen molar-refractivity contribution in [2.75, 3.05) is 5.32 Å². The third kappa shape index (κ3) is 3.85. The van der Waals surface area contributed by atoms with Crippen LogP contribution in [0.1, 0.15) is 23.6 Å². The van der Waals surface area contributed by atoms with Gasteiger partial charge >= 0.3 is 5.97 Å². The second kappa shape index (κ2) is 6.05. The second-order valence-electron chi connectivity index (χ2n) is 4.57. The SMILES string of the molecule is Cc1ccc(NC(CC(=O)O)c2ccccc2)cc1. The van der Waals surface area contributed by atoms with Crippen LogP contribution in [0.2, 0.25) is 0 Å². The fourth-order valence-electron chi connectivity index (χ4n) is 1.96. The Morgan fingerprint density at radius 2 is 1.74 bits per heavy atom. The molecular formula is C16H17NO2. The van der Waals surface area contributed by atoms with Gasteiger partial charge < -0.3 is 10.4 Å². The van der Waals surface area contributed by atoms with Crippen molar-refractivity contribution in [3.05, 3.63) is 65.7 Å². The third-order valence-electron chi connectivity index (χ3n) is 2.97. The number of anilines is 1. The monoisotopic (exact) mass is 255 g/mol. The maximum atomic E-state index is 11.0. The molecule has 0 spiro atoms. The van der Waals surface area contributed by atoms with E-state index in [0.29, 0.717) is 0 Å². The Kier molecular flexibility index (Phi) is 4.18. The molecule has 2 aromatic rings. The van der Waals surface area contributed by atoms with E-state index in [1.807, 2.05) is 61.5 Å². The van der Waals surface area contributed by atoms with Crippen molar-refractivity contribution in [2.45, 2.75) is 19.4 Å². The molecule has 0 aromatic heterocycles. The van der Waals surface area contributed by atoms with Crippen molar-refractivity contribution >= 4 is 11.7 Å². The van der Waals surface area contributed by atoms with E-state index in [1.54, 1.807) is 0 Å². The van der Waals surface area contributed by atoms with E-state index in [0.717, 1.165) is 11.3 Å².